The van der Waals surface area contributed by atoms with Gasteiger partial charge in [0, 0.05) is 6.92 Å². The highest BCUT2D eigenvalue weighted by Gasteiger charge is 2.05. The van der Waals surface area contributed by atoms with E-state index in [4.69, 9.17) is 9.81 Å². The minimum atomic E-state index is -4.00. The summed E-state index contributed by atoms with van der Waals surface area (Å²) in [6, 6.07) is 9.17. The molecule has 0 saturated heterocycles. The largest absolute Gasteiger partial charge is 0.294 e. The van der Waals surface area contributed by atoms with Crippen LogP contribution in [0.15, 0.2) is 35.2 Å². The molecule has 1 N–H and O–H groups in total. The first kappa shape index (κ1) is 11.6. The summed E-state index contributed by atoms with van der Waals surface area (Å²) in [6.07, 6.45) is 0. The molecular weight excluding hydrogens is 190 g/mol. The Labute approximate surface area is 77.2 Å². The molecule has 0 spiro atoms. The molecule has 5 heteroatoms. The van der Waals surface area contributed by atoms with Gasteiger partial charge in [-0.1, -0.05) is 18.2 Å². The van der Waals surface area contributed by atoms with Gasteiger partial charge in [0.15, 0.2) is 0 Å². The fraction of sp³-hybridized carbons (Fsp3) is 0.125. The van der Waals surface area contributed by atoms with Crippen LogP contribution in [0.3, 0.4) is 0 Å². The Morgan fingerprint density at radius 3 is 1.92 bits per heavy atom. The van der Waals surface area contributed by atoms with Crippen LogP contribution in [0, 0.1) is 11.3 Å². The maximum atomic E-state index is 10.4. The Morgan fingerprint density at radius 2 is 1.69 bits per heavy atom. The van der Waals surface area contributed by atoms with Crippen LogP contribution >= 0.6 is 0 Å². The van der Waals surface area contributed by atoms with Crippen molar-refractivity contribution >= 4 is 10.1 Å². The van der Waals surface area contributed by atoms with Gasteiger partial charge in [-0.15, -0.1) is 0 Å². The number of nitrogens with zero attached hydrogens (tertiary/aromatic N) is 1. The van der Waals surface area contributed by atoms with Gasteiger partial charge in [0.2, 0.25) is 0 Å². The van der Waals surface area contributed by atoms with E-state index in [2.05, 4.69) is 0 Å². The summed E-state index contributed by atoms with van der Waals surface area (Å²) in [4.78, 5) is -0.0741. The lowest BCUT2D eigenvalue weighted by Crippen LogP contribution is -1.96. The fourth-order valence-corrected chi connectivity index (χ4v) is 1.09. The van der Waals surface area contributed by atoms with Crippen molar-refractivity contribution in [3.63, 3.8) is 0 Å². The maximum absolute atomic E-state index is 10.4. The standard InChI is InChI=1S/C6H6O3S.C2H3N/c7-10(8,9)6-4-2-1-3-5-6;1-2-3/h1-5H,(H,7,8,9);1H3. The average molecular weight is 199 g/mol. The molecule has 70 valence electrons. The molecule has 0 atom stereocenters. The zero-order chi connectivity index (χ0) is 10.3. The van der Waals surface area contributed by atoms with Crippen molar-refractivity contribution in [1.82, 2.24) is 0 Å². The highest BCUT2D eigenvalue weighted by molar-refractivity contribution is 7.85. The van der Waals surface area contributed by atoms with Gasteiger partial charge in [0.05, 0.1) is 11.0 Å². The quantitative estimate of drug-likeness (QED) is 0.694. The third-order valence-electron chi connectivity index (χ3n) is 1.04. The number of hydrogen-bond acceptors (Lipinski definition) is 3. The topological polar surface area (TPSA) is 78.2 Å². The van der Waals surface area contributed by atoms with Crippen LogP contribution in [0.2, 0.25) is 0 Å². The summed E-state index contributed by atoms with van der Waals surface area (Å²) >= 11 is 0. The van der Waals surface area contributed by atoms with Crippen molar-refractivity contribution in [3.8, 4) is 6.07 Å². The summed E-state index contributed by atoms with van der Waals surface area (Å²) in [5.41, 5.74) is 0. The second-order valence-corrected chi connectivity index (χ2v) is 3.43. The van der Waals surface area contributed by atoms with Crippen LogP contribution in [-0.4, -0.2) is 13.0 Å². The predicted molar refractivity (Wildman–Crippen MR) is 47.5 cm³/mol. The molecule has 0 saturated carbocycles. The second kappa shape index (κ2) is 5.30. The SMILES string of the molecule is CC#N.O=S(=O)(O)c1ccccc1. The van der Waals surface area contributed by atoms with E-state index in [1.54, 1.807) is 24.3 Å². The number of rotatable bonds is 1. The first-order valence-corrected chi connectivity index (χ1v) is 4.79. The van der Waals surface area contributed by atoms with E-state index in [0.29, 0.717) is 0 Å². The zero-order valence-corrected chi connectivity index (χ0v) is 7.82. The lowest BCUT2D eigenvalue weighted by molar-refractivity contribution is 0.483. The fourth-order valence-electron chi connectivity index (χ4n) is 0.592. The summed E-state index contributed by atoms with van der Waals surface area (Å²) < 4.78 is 29.2. The summed E-state index contributed by atoms with van der Waals surface area (Å²) in [5.74, 6) is 0. The molecule has 0 fully saturated rings. The van der Waals surface area contributed by atoms with Gasteiger partial charge in [-0.3, -0.25) is 4.55 Å². The number of hydrogen-bond donors (Lipinski definition) is 1. The summed E-state index contributed by atoms with van der Waals surface area (Å²) in [7, 11) is -4.00. The van der Waals surface area contributed by atoms with E-state index in [1.165, 1.54) is 19.1 Å². The van der Waals surface area contributed by atoms with Crippen LogP contribution in [-0.2, 0) is 10.1 Å². The molecule has 0 aliphatic carbocycles. The van der Waals surface area contributed by atoms with E-state index in [0.717, 1.165) is 0 Å². The molecule has 1 aromatic carbocycles. The normalized spacial score (nSPS) is 9.31. The van der Waals surface area contributed by atoms with E-state index in [1.807, 2.05) is 0 Å². The van der Waals surface area contributed by atoms with Crippen molar-refractivity contribution in [2.24, 2.45) is 0 Å². The molecule has 13 heavy (non-hydrogen) atoms. The molecule has 1 rings (SSSR count). The van der Waals surface area contributed by atoms with Gasteiger partial charge < -0.3 is 0 Å². The second-order valence-electron chi connectivity index (χ2n) is 2.01. The predicted octanol–water partition coefficient (Wildman–Crippen LogP) is 1.46. The Hall–Kier alpha value is -1.38. The highest BCUT2D eigenvalue weighted by atomic mass is 32.2. The molecule has 0 radical (unpaired) electrons. The van der Waals surface area contributed by atoms with Crippen molar-refractivity contribution in [1.29, 1.82) is 5.26 Å². The van der Waals surface area contributed by atoms with Crippen molar-refractivity contribution in [2.45, 2.75) is 11.8 Å². The molecule has 0 aliphatic heterocycles. The van der Waals surface area contributed by atoms with E-state index >= 15 is 0 Å². The molecular formula is C8H9NO3S. The summed E-state index contributed by atoms with van der Waals surface area (Å²) in [6.45, 7) is 1.43. The van der Waals surface area contributed by atoms with Crippen molar-refractivity contribution in [2.75, 3.05) is 0 Å². The van der Waals surface area contributed by atoms with Crippen LogP contribution in [0.1, 0.15) is 6.92 Å². The van der Waals surface area contributed by atoms with Crippen LogP contribution < -0.4 is 0 Å². The van der Waals surface area contributed by atoms with E-state index in [9.17, 15) is 8.42 Å². The lowest BCUT2D eigenvalue weighted by atomic mass is 10.4. The molecule has 0 amide bonds. The first-order chi connectivity index (χ1) is 6.02. The Bertz CT molecular complexity index is 378. The van der Waals surface area contributed by atoms with Crippen LogP contribution in [0.25, 0.3) is 0 Å². The molecule has 0 heterocycles. The molecule has 1 aromatic rings. The third-order valence-corrected chi connectivity index (χ3v) is 1.91. The van der Waals surface area contributed by atoms with Gasteiger partial charge in [0.25, 0.3) is 10.1 Å². The van der Waals surface area contributed by atoms with E-state index < -0.39 is 10.1 Å². The van der Waals surface area contributed by atoms with E-state index in [-0.39, 0.29) is 4.90 Å². The zero-order valence-electron chi connectivity index (χ0n) is 7.01. The van der Waals surface area contributed by atoms with Gasteiger partial charge in [-0.25, -0.2) is 0 Å². The summed E-state index contributed by atoms with van der Waals surface area (Å²) in [5, 5.41) is 7.32. The molecule has 0 aromatic heterocycles. The number of nitriles is 1. The van der Waals surface area contributed by atoms with Crippen LogP contribution in [0.5, 0.6) is 0 Å². The average Bonchev–Trinajstić information content (AvgIpc) is 2.06. The molecule has 0 unspecified atom stereocenters. The van der Waals surface area contributed by atoms with Gasteiger partial charge >= 0.3 is 0 Å². The lowest BCUT2D eigenvalue weighted by Gasteiger charge is -1.92. The minimum absolute atomic E-state index is 0.0741. The first-order valence-electron chi connectivity index (χ1n) is 3.35. The monoisotopic (exact) mass is 199 g/mol. The molecule has 4 nitrogen and oxygen atoms in total. The third kappa shape index (κ3) is 4.95. The maximum Gasteiger partial charge on any atom is 0.294 e. The van der Waals surface area contributed by atoms with Crippen molar-refractivity contribution in [3.05, 3.63) is 30.3 Å². The van der Waals surface area contributed by atoms with Crippen molar-refractivity contribution < 1.29 is 13.0 Å². The van der Waals surface area contributed by atoms with Gasteiger partial charge in [-0.2, -0.15) is 13.7 Å². The highest BCUT2D eigenvalue weighted by Crippen LogP contribution is 2.05. The molecule has 0 bridgehead atoms. The Balaban J connectivity index is 0.000000424. The smallest absolute Gasteiger partial charge is 0.282 e. The Morgan fingerprint density at radius 1 is 1.31 bits per heavy atom. The Kier molecular flexibility index (Phi) is 4.74. The van der Waals surface area contributed by atoms with Gasteiger partial charge in [0.1, 0.15) is 0 Å². The van der Waals surface area contributed by atoms with Gasteiger partial charge in [-0.05, 0) is 12.1 Å². The molecule has 0 aliphatic rings. The number of benzene rings is 1. The van der Waals surface area contributed by atoms with Crippen LogP contribution in [0.4, 0.5) is 0 Å². The minimum Gasteiger partial charge on any atom is -0.282 e.